The van der Waals surface area contributed by atoms with E-state index in [9.17, 15) is 0 Å². The maximum Gasteiger partial charge on any atom is 0.0534 e. The molecule has 0 aliphatic rings. The minimum atomic E-state index is -0.810. The van der Waals surface area contributed by atoms with Crippen molar-refractivity contribution in [3.05, 3.63) is 0 Å². The van der Waals surface area contributed by atoms with E-state index in [1.165, 1.54) is 0 Å². The third-order valence-corrected chi connectivity index (χ3v) is 2.79. The highest BCUT2D eigenvalue weighted by Crippen LogP contribution is 2.29. The van der Waals surface area contributed by atoms with Gasteiger partial charge in [-0.1, -0.05) is 6.92 Å². The first-order chi connectivity index (χ1) is 6.16. The molecule has 0 aliphatic heterocycles. The molecule has 4 N–H and O–H groups in total. The van der Waals surface area contributed by atoms with Crippen LogP contribution in [0.25, 0.3) is 0 Å². The zero-order valence-electron chi connectivity index (χ0n) is 8.11. The van der Waals surface area contributed by atoms with Crippen molar-refractivity contribution in [1.82, 2.24) is 0 Å². The fourth-order valence-electron chi connectivity index (χ4n) is 1.32. The molecule has 0 aliphatic carbocycles. The Morgan fingerprint density at radius 1 is 1.00 bits per heavy atom. The number of rotatable bonds is 7. The SMILES string of the molecule is CC(CCCO)C(CO)(CO)CO. The number of aliphatic hydroxyl groups excluding tert-OH is 4. The van der Waals surface area contributed by atoms with Gasteiger partial charge in [-0.2, -0.15) is 0 Å². The van der Waals surface area contributed by atoms with E-state index < -0.39 is 5.41 Å². The second-order valence-electron chi connectivity index (χ2n) is 3.60. The molecule has 0 aromatic carbocycles. The molecule has 0 aromatic rings. The summed E-state index contributed by atoms with van der Waals surface area (Å²) in [5.74, 6) is -0.000324. The molecule has 0 amide bonds. The predicted molar refractivity (Wildman–Crippen MR) is 49.2 cm³/mol. The minimum Gasteiger partial charge on any atom is -0.396 e. The average Bonchev–Trinajstić information content (AvgIpc) is 2.18. The van der Waals surface area contributed by atoms with Crippen LogP contribution in [0.1, 0.15) is 19.8 Å². The first kappa shape index (κ1) is 12.8. The Morgan fingerprint density at radius 3 is 1.77 bits per heavy atom. The molecule has 13 heavy (non-hydrogen) atoms. The Hall–Kier alpha value is -0.160. The Bertz CT molecular complexity index is 115. The van der Waals surface area contributed by atoms with Crippen LogP contribution in [0, 0.1) is 11.3 Å². The summed E-state index contributed by atoms with van der Waals surface area (Å²) in [5.41, 5.74) is -0.810. The maximum absolute atomic E-state index is 9.06. The van der Waals surface area contributed by atoms with Gasteiger partial charge in [0.2, 0.25) is 0 Å². The monoisotopic (exact) mass is 192 g/mol. The van der Waals surface area contributed by atoms with Gasteiger partial charge >= 0.3 is 0 Å². The normalized spacial score (nSPS) is 14.5. The molecule has 0 spiro atoms. The van der Waals surface area contributed by atoms with Crippen molar-refractivity contribution in [1.29, 1.82) is 0 Å². The number of aliphatic hydroxyl groups is 4. The Balaban J connectivity index is 4.17. The summed E-state index contributed by atoms with van der Waals surface area (Å²) < 4.78 is 0. The molecule has 80 valence electrons. The molecule has 0 heterocycles. The zero-order valence-corrected chi connectivity index (χ0v) is 8.11. The van der Waals surface area contributed by atoms with Gasteiger partial charge in [0, 0.05) is 12.0 Å². The second kappa shape index (κ2) is 6.32. The quantitative estimate of drug-likeness (QED) is 0.432. The van der Waals surface area contributed by atoms with E-state index in [2.05, 4.69) is 0 Å². The summed E-state index contributed by atoms with van der Waals surface area (Å²) >= 11 is 0. The summed E-state index contributed by atoms with van der Waals surface area (Å²) in [4.78, 5) is 0. The highest BCUT2D eigenvalue weighted by atomic mass is 16.3. The zero-order chi connectivity index (χ0) is 10.3. The molecule has 1 unspecified atom stereocenters. The van der Waals surface area contributed by atoms with Crippen LogP contribution in [0.4, 0.5) is 0 Å². The summed E-state index contributed by atoms with van der Waals surface area (Å²) in [6.07, 6.45) is 1.32. The molecule has 0 saturated carbocycles. The molecule has 0 radical (unpaired) electrons. The van der Waals surface area contributed by atoms with Crippen LogP contribution in [0.3, 0.4) is 0 Å². The van der Waals surface area contributed by atoms with E-state index in [1.807, 2.05) is 6.92 Å². The van der Waals surface area contributed by atoms with Crippen molar-refractivity contribution in [2.24, 2.45) is 11.3 Å². The summed E-state index contributed by atoms with van der Waals surface area (Å²) in [6, 6.07) is 0. The Morgan fingerprint density at radius 2 is 1.46 bits per heavy atom. The summed E-state index contributed by atoms with van der Waals surface area (Å²) in [5, 5.41) is 35.8. The van der Waals surface area contributed by atoms with Crippen molar-refractivity contribution in [2.45, 2.75) is 19.8 Å². The largest absolute Gasteiger partial charge is 0.396 e. The Kier molecular flexibility index (Phi) is 6.24. The lowest BCUT2D eigenvalue weighted by Gasteiger charge is -2.34. The van der Waals surface area contributed by atoms with Gasteiger partial charge in [-0.05, 0) is 18.8 Å². The Labute approximate surface area is 78.8 Å². The lowest BCUT2D eigenvalue weighted by Crippen LogP contribution is -2.40. The molecule has 0 aromatic heterocycles. The summed E-state index contributed by atoms with van der Waals surface area (Å²) in [7, 11) is 0. The molecule has 1 atom stereocenters. The molecular weight excluding hydrogens is 172 g/mol. The van der Waals surface area contributed by atoms with Gasteiger partial charge in [-0.3, -0.25) is 0 Å². The third kappa shape index (κ3) is 3.23. The standard InChI is InChI=1S/C9H20O4/c1-8(3-2-4-10)9(5-11,6-12)7-13/h8,10-13H,2-7H2,1H3. The van der Waals surface area contributed by atoms with Crippen molar-refractivity contribution in [3.63, 3.8) is 0 Å². The maximum atomic E-state index is 9.06. The molecule has 0 bridgehead atoms. The van der Waals surface area contributed by atoms with E-state index in [0.717, 1.165) is 0 Å². The molecule has 4 nitrogen and oxygen atoms in total. The van der Waals surface area contributed by atoms with E-state index >= 15 is 0 Å². The van der Waals surface area contributed by atoms with Gasteiger partial charge in [0.25, 0.3) is 0 Å². The van der Waals surface area contributed by atoms with Gasteiger partial charge in [0.05, 0.1) is 19.8 Å². The third-order valence-electron chi connectivity index (χ3n) is 2.79. The van der Waals surface area contributed by atoms with Gasteiger partial charge in [0.15, 0.2) is 0 Å². The van der Waals surface area contributed by atoms with Crippen molar-refractivity contribution in [3.8, 4) is 0 Å². The van der Waals surface area contributed by atoms with Crippen LogP contribution in [0.5, 0.6) is 0 Å². The second-order valence-corrected chi connectivity index (χ2v) is 3.60. The fraction of sp³-hybridized carbons (Fsp3) is 1.00. The van der Waals surface area contributed by atoms with Crippen LogP contribution >= 0.6 is 0 Å². The summed E-state index contributed by atoms with van der Waals surface area (Å²) in [6.45, 7) is 1.27. The molecule has 0 saturated heterocycles. The topological polar surface area (TPSA) is 80.9 Å². The highest BCUT2D eigenvalue weighted by molar-refractivity contribution is 4.82. The van der Waals surface area contributed by atoms with E-state index in [1.54, 1.807) is 0 Å². The first-order valence-corrected chi connectivity index (χ1v) is 4.60. The number of hydrogen-bond acceptors (Lipinski definition) is 4. The lowest BCUT2D eigenvalue weighted by atomic mass is 9.76. The highest BCUT2D eigenvalue weighted by Gasteiger charge is 2.33. The van der Waals surface area contributed by atoms with Crippen molar-refractivity contribution >= 4 is 0 Å². The van der Waals surface area contributed by atoms with Gasteiger partial charge in [-0.15, -0.1) is 0 Å². The van der Waals surface area contributed by atoms with Crippen LogP contribution in [-0.2, 0) is 0 Å². The minimum absolute atomic E-state index is 0.000324. The van der Waals surface area contributed by atoms with Crippen molar-refractivity contribution < 1.29 is 20.4 Å². The molecular formula is C9H20O4. The van der Waals surface area contributed by atoms with Crippen LogP contribution in [0.2, 0.25) is 0 Å². The van der Waals surface area contributed by atoms with Crippen LogP contribution < -0.4 is 0 Å². The van der Waals surface area contributed by atoms with Crippen molar-refractivity contribution in [2.75, 3.05) is 26.4 Å². The van der Waals surface area contributed by atoms with E-state index in [4.69, 9.17) is 20.4 Å². The van der Waals surface area contributed by atoms with E-state index in [0.29, 0.717) is 12.8 Å². The van der Waals surface area contributed by atoms with Gasteiger partial charge in [-0.25, -0.2) is 0 Å². The fourth-order valence-corrected chi connectivity index (χ4v) is 1.32. The average molecular weight is 192 g/mol. The van der Waals surface area contributed by atoms with Crippen LogP contribution in [0.15, 0.2) is 0 Å². The van der Waals surface area contributed by atoms with Gasteiger partial charge in [0.1, 0.15) is 0 Å². The molecule has 0 rings (SSSR count). The predicted octanol–water partition coefficient (Wildman–Crippen LogP) is -0.642. The lowest BCUT2D eigenvalue weighted by molar-refractivity contribution is -0.0369. The first-order valence-electron chi connectivity index (χ1n) is 4.60. The van der Waals surface area contributed by atoms with E-state index in [-0.39, 0.29) is 32.3 Å². The van der Waals surface area contributed by atoms with Crippen LogP contribution in [-0.4, -0.2) is 46.9 Å². The molecule has 0 fully saturated rings. The van der Waals surface area contributed by atoms with Gasteiger partial charge < -0.3 is 20.4 Å². The molecule has 4 heteroatoms. The smallest absolute Gasteiger partial charge is 0.0534 e. The number of hydrogen-bond donors (Lipinski definition) is 4.